The highest BCUT2D eigenvalue weighted by atomic mass is 16.5. The number of aromatic nitrogens is 3. The van der Waals surface area contributed by atoms with Crippen molar-refractivity contribution < 1.29 is 19.6 Å². The molecule has 0 saturated carbocycles. The van der Waals surface area contributed by atoms with Crippen LogP contribution >= 0.6 is 0 Å². The molecule has 0 spiro atoms. The van der Waals surface area contributed by atoms with Crippen LogP contribution in [0.2, 0.25) is 0 Å². The van der Waals surface area contributed by atoms with Gasteiger partial charge in [-0.2, -0.15) is 0 Å². The molecule has 3 heterocycles. The fourth-order valence-electron chi connectivity index (χ4n) is 3.16. The monoisotopic (exact) mass is 380 g/mol. The molecule has 0 atom stereocenters. The fraction of sp³-hybridized carbons (Fsp3) is 0.167. The Hall–Kier alpha value is -3.21. The lowest BCUT2D eigenvalue weighted by atomic mass is 9.82. The van der Waals surface area contributed by atoms with Crippen LogP contribution in [0.15, 0.2) is 53.5 Å². The van der Waals surface area contributed by atoms with Gasteiger partial charge in [0.15, 0.2) is 0 Å². The second kappa shape index (κ2) is 7.43. The Labute approximate surface area is 160 Å². The molecule has 4 rings (SSSR count). The van der Waals surface area contributed by atoms with Crippen LogP contribution in [-0.2, 0) is 17.9 Å². The first kappa shape index (κ1) is 18.2. The minimum absolute atomic E-state index is 0.00313. The summed E-state index contributed by atoms with van der Waals surface area (Å²) in [5.74, 6) is -0.407. The molecule has 9 nitrogen and oxygen atoms in total. The summed E-state index contributed by atoms with van der Waals surface area (Å²) in [4.78, 5) is 29.9. The highest BCUT2D eigenvalue weighted by Crippen LogP contribution is 2.17. The number of pyridine rings is 1. The van der Waals surface area contributed by atoms with Crippen molar-refractivity contribution in [2.75, 3.05) is 11.9 Å². The van der Waals surface area contributed by atoms with Crippen LogP contribution in [0.3, 0.4) is 0 Å². The lowest BCUT2D eigenvalue weighted by molar-refractivity contribution is 0.0756. The number of hydrogen-bond donors (Lipinski definition) is 3. The van der Waals surface area contributed by atoms with Crippen molar-refractivity contribution in [2.24, 2.45) is 0 Å². The van der Waals surface area contributed by atoms with E-state index >= 15 is 0 Å². The molecule has 0 radical (unpaired) electrons. The van der Waals surface area contributed by atoms with Gasteiger partial charge < -0.3 is 20.1 Å². The molecule has 0 fully saturated rings. The summed E-state index contributed by atoms with van der Waals surface area (Å²) in [5, 5.41) is 20.8. The van der Waals surface area contributed by atoms with E-state index in [9.17, 15) is 9.59 Å². The Kier molecular flexibility index (Phi) is 4.82. The van der Waals surface area contributed by atoms with Crippen LogP contribution in [-0.4, -0.2) is 44.0 Å². The van der Waals surface area contributed by atoms with Crippen molar-refractivity contribution in [3.63, 3.8) is 0 Å². The molecule has 0 aliphatic carbocycles. The molecular formula is C18H17BN4O5. The van der Waals surface area contributed by atoms with Crippen LogP contribution in [0.1, 0.15) is 16.1 Å². The highest BCUT2D eigenvalue weighted by molar-refractivity contribution is 6.58. The van der Waals surface area contributed by atoms with Crippen molar-refractivity contribution in [1.29, 1.82) is 0 Å². The van der Waals surface area contributed by atoms with Gasteiger partial charge in [0, 0.05) is 11.7 Å². The summed E-state index contributed by atoms with van der Waals surface area (Å²) in [6, 6.07) is 11.9. The number of para-hydroxylation sites is 1. The van der Waals surface area contributed by atoms with Crippen LogP contribution in [0.25, 0.3) is 5.69 Å². The Morgan fingerprint density at radius 2 is 1.96 bits per heavy atom. The summed E-state index contributed by atoms with van der Waals surface area (Å²) in [6.07, 6.45) is 1.24. The molecule has 142 valence electrons. The van der Waals surface area contributed by atoms with Crippen molar-refractivity contribution >= 4 is 24.3 Å². The van der Waals surface area contributed by atoms with E-state index in [0.29, 0.717) is 24.5 Å². The van der Waals surface area contributed by atoms with Gasteiger partial charge in [-0.1, -0.05) is 24.3 Å². The Morgan fingerprint density at radius 3 is 2.64 bits per heavy atom. The third kappa shape index (κ3) is 3.24. The highest BCUT2D eigenvalue weighted by Gasteiger charge is 2.28. The third-order valence-electron chi connectivity index (χ3n) is 4.49. The molecule has 1 aliphatic heterocycles. The lowest BCUT2D eigenvalue weighted by Crippen LogP contribution is -2.30. The summed E-state index contributed by atoms with van der Waals surface area (Å²) in [6.45, 7) is 1.05. The predicted octanol–water partition coefficient (Wildman–Crippen LogP) is -0.504. The third-order valence-corrected chi connectivity index (χ3v) is 4.49. The molecule has 0 bridgehead atoms. The average Bonchev–Trinajstić information content (AvgIpc) is 3.01. The average molecular weight is 380 g/mol. The number of rotatable bonds is 4. The number of amides is 1. The zero-order valence-electron chi connectivity index (χ0n) is 14.8. The smallest absolute Gasteiger partial charge is 0.423 e. The van der Waals surface area contributed by atoms with Gasteiger partial charge in [-0.15, -0.1) is 0 Å². The molecule has 1 aromatic carbocycles. The number of hydrogen-bond acceptors (Lipinski definition) is 6. The summed E-state index contributed by atoms with van der Waals surface area (Å²) in [5.41, 5.74) is 0.913. The standard InChI is InChI=1S/C18H17BN4O5/c24-17(21-15-7-6-12(10-20-15)19(26)27)16-14-11-28-9-8-22(14)23(18(16)25)13-4-2-1-3-5-13/h1-7,10,26-27H,8-9,11H2,(H,20,21,24). The van der Waals surface area contributed by atoms with Gasteiger partial charge >= 0.3 is 7.12 Å². The number of ether oxygens (including phenoxy) is 1. The van der Waals surface area contributed by atoms with E-state index in [1.54, 1.807) is 16.8 Å². The maximum Gasteiger partial charge on any atom is 0.490 e. The minimum atomic E-state index is -1.65. The van der Waals surface area contributed by atoms with Crippen molar-refractivity contribution in [2.45, 2.75) is 13.2 Å². The van der Waals surface area contributed by atoms with Crippen LogP contribution < -0.4 is 16.3 Å². The van der Waals surface area contributed by atoms with Gasteiger partial charge in [-0.25, -0.2) is 9.67 Å². The van der Waals surface area contributed by atoms with E-state index in [-0.39, 0.29) is 23.5 Å². The summed E-state index contributed by atoms with van der Waals surface area (Å²) in [7, 11) is -1.65. The number of nitrogens with zero attached hydrogens (tertiary/aromatic N) is 3. The number of nitrogens with one attached hydrogen (secondary N) is 1. The van der Waals surface area contributed by atoms with Gasteiger partial charge in [0.25, 0.3) is 11.5 Å². The van der Waals surface area contributed by atoms with Crippen molar-refractivity contribution in [1.82, 2.24) is 14.3 Å². The number of benzene rings is 1. The molecule has 1 amide bonds. The van der Waals surface area contributed by atoms with E-state index in [0.717, 1.165) is 0 Å². The SMILES string of the molecule is O=C(Nc1ccc(B(O)O)cn1)c1c2n(n(-c3ccccc3)c1=O)CCOC2. The second-order valence-electron chi connectivity index (χ2n) is 6.25. The topological polar surface area (TPSA) is 119 Å². The molecule has 1 aliphatic rings. The van der Waals surface area contributed by atoms with Gasteiger partial charge in [0.1, 0.15) is 11.4 Å². The maximum atomic E-state index is 13.1. The molecule has 3 N–H and O–H groups in total. The van der Waals surface area contributed by atoms with E-state index in [2.05, 4.69) is 10.3 Å². The quantitative estimate of drug-likeness (QED) is 0.525. The largest absolute Gasteiger partial charge is 0.490 e. The predicted molar refractivity (Wildman–Crippen MR) is 102 cm³/mol. The molecule has 2 aromatic heterocycles. The van der Waals surface area contributed by atoms with E-state index < -0.39 is 18.6 Å². The first-order chi connectivity index (χ1) is 13.6. The Balaban J connectivity index is 1.72. The Bertz CT molecular complexity index is 1060. The molecule has 0 saturated heterocycles. The fourth-order valence-corrected chi connectivity index (χ4v) is 3.16. The zero-order chi connectivity index (χ0) is 19.7. The van der Waals surface area contributed by atoms with Gasteiger partial charge in [-0.05, 0) is 18.2 Å². The van der Waals surface area contributed by atoms with Crippen LogP contribution in [0.4, 0.5) is 5.82 Å². The summed E-state index contributed by atoms with van der Waals surface area (Å²) < 4.78 is 8.70. The molecule has 28 heavy (non-hydrogen) atoms. The van der Waals surface area contributed by atoms with E-state index in [4.69, 9.17) is 14.8 Å². The molecule has 0 unspecified atom stereocenters. The van der Waals surface area contributed by atoms with Crippen molar-refractivity contribution in [3.8, 4) is 5.69 Å². The zero-order valence-corrected chi connectivity index (χ0v) is 14.8. The molecule has 3 aromatic rings. The number of anilines is 1. The number of fused-ring (bicyclic) bond motifs is 1. The minimum Gasteiger partial charge on any atom is -0.423 e. The van der Waals surface area contributed by atoms with Gasteiger partial charge in [-0.3, -0.25) is 14.3 Å². The lowest BCUT2D eigenvalue weighted by Gasteiger charge is -2.19. The van der Waals surface area contributed by atoms with Gasteiger partial charge in [0.05, 0.1) is 31.1 Å². The first-order valence-corrected chi connectivity index (χ1v) is 8.67. The Morgan fingerprint density at radius 1 is 1.18 bits per heavy atom. The molecular weight excluding hydrogens is 363 g/mol. The second-order valence-corrected chi connectivity index (χ2v) is 6.25. The van der Waals surface area contributed by atoms with Crippen LogP contribution in [0.5, 0.6) is 0 Å². The summed E-state index contributed by atoms with van der Waals surface area (Å²) >= 11 is 0. The first-order valence-electron chi connectivity index (χ1n) is 8.67. The van der Waals surface area contributed by atoms with Crippen molar-refractivity contribution in [3.05, 3.63) is 70.3 Å². The number of carbonyl (C=O) groups excluding carboxylic acids is 1. The molecule has 10 heteroatoms. The van der Waals surface area contributed by atoms with Gasteiger partial charge in [0.2, 0.25) is 0 Å². The van der Waals surface area contributed by atoms with Crippen LogP contribution in [0, 0.1) is 0 Å². The maximum absolute atomic E-state index is 13.1. The number of carbonyl (C=O) groups is 1. The normalized spacial score (nSPS) is 13.1. The van der Waals surface area contributed by atoms with E-state index in [1.165, 1.54) is 23.0 Å². The van der Waals surface area contributed by atoms with E-state index in [1.807, 2.05) is 18.2 Å².